The van der Waals surface area contributed by atoms with Crippen LogP contribution in [0.15, 0.2) is 42.5 Å². The molecule has 6 nitrogen and oxygen atoms in total. The van der Waals surface area contributed by atoms with E-state index in [4.69, 9.17) is 9.88 Å². The summed E-state index contributed by atoms with van der Waals surface area (Å²) in [4.78, 5) is 12.0. The topological polar surface area (TPSA) is 98.5 Å². The molecule has 0 aliphatic heterocycles. The van der Waals surface area contributed by atoms with E-state index in [0.29, 0.717) is 22.9 Å². The second-order valence-corrected chi connectivity index (χ2v) is 8.13. The highest BCUT2D eigenvalue weighted by molar-refractivity contribution is 7.88. The highest BCUT2D eigenvalue weighted by Gasteiger charge is 2.08. The summed E-state index contributed by atoms with van der Waals surface area (Å²) in [7, 11) is -3.57. The van der Waals surface area contributed by atoms with Crippen molar-refractivity contribution < 1.29 is 17.9 Å². The van der Waals surface area contributed by atoms with Crippen LogP contribution >= 0.6 is 0 Å². The maximum atomic E-state index is 12.0. The molecule has 0 saturated heterocycles. The Morgan fingerprint density at radius 1 is 1.15 bits per heavy atom. The number of rotatable bonds is 7. The number of primary sulfonamides is 1. The zero-order valence-electron chi connectivity index (χ0n) is 15.2. The van der Waals surface area contributed by atoms with E-state index in [9.17, 15) is 13.2 Å². The molecule has 0 fully saturated rings. The summed E-state index contributed by atoms with van der Waals surface area (Å²) >= 11 is 0. The normalized spacial score (nSPS) is 11.4. The number of hydrogen-bond acceptors (Lipinski definition) is 4. The lowest BCUT2D eigenvalue weighted by molar-refractivity contribution is -0.118. The number of sulfonamides is 1. The number of benzene rings is 2. The third-order valence-electron chi connectivity index (χ3n) is 3.84. The van der Waals surface area contributed by atoms with E-state index in [1.807, 2.05) is 25.1 Å². The molecule has 1 amide bonds. The van der Waals surface area contributed by atoms with Crippen molar-refractivity contribution in [3.8, 4) is 5.75 Å². The molecular formula is C19H24N2O4S. The summed E-state index contributed by atoms with van der Waals surface area (Å²) in [6, 6.07) is 12.3. The van der Waals surface area contributed by atoms with E-state index in [1.165, 1.54) is 5.56 Å². The van der Waals surface area contributed by atoms with Gasteiger partial charge in [-0.15, -0.1) is 0 Å². The molecule has 7 heteroatoms. The highest BCUT2D eigenvalue weighted by Crippen LogP contribution is 2.23. The number of amides is 1. The van der Waals surface area contributed by atoms with E-state index in [-0.39, 0.29) is 18.3 Å². The van der Waals surface area contributed by atoms with Crippen LogP contribution in [0.5, 0.6) is 5.75 Å². The third kappa shape index (κ3) is 6.16. The molecule has 3 N–H and O–H groups in total. The lowest BCUT2D eigenvalue weighted by Gasteiger charge is -2.12. The first-order valence-electron chi connectivity index (χ1n) is 8.26. The van der Waals surface area contributed by atoms with Crippen LogP contribution in [0.3, 0.4) is 0 Å². The number of carbonyl (C=O) groups is 1. The molecule has 0 atom stereocenters. The van der Waals surface area contributed by atoms with E-state index >= 15 is 0 Å². The Balaban J connectivity index is 1.90. The second-order valence-electron chi connectivity index (χ2n) is 6.51. The molecule has 0 heterocycles. The number of nitrogens with one attached hydrogen (secondary N) is 1. The average molecular weight is 376 g/mol. The number of hydrogen-bond donors (Lipinski definition) is 2. The molecule has 0 aromatic heterocycles. The van der Waals surface area contributed by atoms with E-state index in [1.54, 1.807) is 24.3 Å². The van der Waals surface area contributed by atoms with Gasteiger partial charge in [0.25, 0.3) is 5.91 Å². The van der Waals surface area contributed by atoms with E-state index in [0.717, 1.165) is 5.56 Å². The van der Waals surface area contributed by atoms with Crippen molar-refractivity contribution in [3.63, 3.8) is 0 Å². The summed E-state index contributed by atoms with van der Waals surface area (Å²) in [6.07, 6.45) is 0. The van der Waals surface area contributed by atoms with Gasteiger partial charge in [-0.2, -0.15) is 0 Å². The molecule has 0 aliphatic rings. The van der Waals surface area contributed by atoms with Crippen LogP contribution < -0.4 is 15.2 Å². The zero-order valence-corrected chi connectivity index (χ0v) is 16.0. The van der Waals surface area contributed by atoms with Crippen molar-refractivity contribution in [1.82, 2.24) is 0 Å². The molecule has 0 radical (unpaired) electrons. The molecule has 0 bridgehead atoms. The van der Waals surface area contributed by atoms with Crippen LogP contribution in [0, 0.1) is 6.92 Å². The molecule has 0 saturated carbocycles. The molecule has 0 unspecified atom stereocenters. The fourth-order valence-corrected chi connectivity index (χ4v) is 3.31. The van der Waals surface area contributed by atoms with Crippen LogP contribution in [-0.2, 0) is 20.6 Å². The smallest absolute Gasteiger partial charge is 0.262 e. The van der Waals surface area contributed by atoms with Gasteiger partial charge in [0, 0.05) is 5.69 Å². The van der Waals surface area contributed by atoms with Crippen LogP contribution in [0.1, 0.15) is 36.5 Å². The quantitative estimate of drug-likeness (QED) is 0.776. The first-order chi connectivity index (χ1) is 12.1. The number of anilines is 1. The lowest BCUT2D eigenvalue weighted by atomic mass is 9.98. The predicted octanol–water partition coefficient (Wildman–Crippen LogP) is 2.92. The van der Waals surface area contributed by atoms with Gasteiger partial charge in [0.1, 0.15) is 5.75 Å². The predicted molar refractivity (Wildman–Crippen MR) is 103 cm³/mol. The summed E-state index contributed by atoms with van der Waals surface area (Å²) in [5.41, 5.74) is 3.50. The van der Waals surface area contributed by atoms with Gasteiger partial charge >= 0.3 is 0 Å². The van der Waals surface area contributed by atoms with Gasteiger partial charge in [0.05, 0.1) is 5.75 Å². The number of aryl methyl sites for hydroxylation is 1. The standard InChI is InChI=1S/C19H24N2O4S/c1-13(2)18-9-8-17(10-14(18)3)25-11-19(22)21-16-6-4-15(5-7-16)12-26(20,23)24/h4-10,13H,11-12H2,1-3H3,(H,21,22)(H2,20,23,24). The Kier molecular flexibility index (Phi) is 6.39. The fourth-order valence-electron chi connectivity index (χ4n) is 2.65. The molecule has 0 spiro atoms. The molecule has 140 valence electrons. The largest absolute Gasteiger partial charge is 0.484 e. The average Bonchev–Trinajstić information content (AvgIpc) is 2.53. The summed E-state index contributed by atoms with van der Waals surface area (Å²) in [5.74, 6) is 0.542. The first kappa shape index (κ1) is 19.9. The molecular weight excluding hydrogens is 352 g/mol. The minimum Gasteiger partial charge on any atom is -0.484 e. The van der Waals surface area contributed by atoms with Crippen molar-refractivity contribution in [1.29, 1.82) is 0 Å². The molecule has 0 aliphatic carbocycles. The van der Waals surface area contributed by atoms with E-state index in [2.05, 4.69) is 19.2 Å². The number of ether oxygens (including phenoxy) is 1. The Labute approximate surface area is 154 Å². The Hall–Kier alpha value is -2.38. The van der Waals surface area contributed by atoms with Gasteiger partial charge < -0.3 is 10.1 Å². The Morgan fingerprint density at radius 2 is 1.81 bits per heavy atom. The van der Waals surface area contributed by atoms with Crippen LogP contribution in [0.25, 0.3) is 0 Å². The van der Waals surface area contributed by atoms with Crippen molar-refractivity contribution in [2.75, 3.05) is 11.9 Å². The third-order valence-corrected chi connectivity index (χ3v) is 4.57. The maximum absolute atomic E-state index is 12.0. The number of nitrogens with two attached hydrogens (primary N) is 1. The van der Waals surface area contributed by atoms with Crippen LogP contribution in [0.4, 0.5) is 5.69 Å². The molecule has 2 aromatic rings. The zero-order chi connectivity index (χ0) is 19.3. The van der Waals surface area contributed by atoms with Gasteiger partial charge in [-0.1, -0.05) is 32.0 Å². The van der Waals surface area contributed by atoms with Crippen molar-refractivity contribution >= 4 is 21.6 Å². The maximum Gasteiger partial charge on any atom is 0.262 e. The molecule has 2 rings (SSSR count). The lowest BCUT2D eigenvalue weighted by Crippen LogP contribution is -2.20. The first-order valence-corrected chi connectivity index (χ1v) is 9.98. The number of carbonyl (C=O) groups excluding carboxylic acids is 1. The minimum absolute atomic E-state index is 0.112. The van der Waals surface area contributed by atoms with Crippen LogP contribution in [0.2, 0.25) is 0 Å². The van der Waals surface area contributed by atoms with E-state index < -0.39 is 10.0 Å². The van der Waals surface area contributed by atoms with Crippen molar-refractivity contribution in [2.45, 2.75) is 32.4 Å². The molecule has 2 aromatic carbocycles. The fraction of sp³-hybridized carbons (Fsp3) is 0.316. The second kappa shape index (κ2) is 8.33. The van der Waals surface area contributed by atoms with Crippen molar-refractivity contribution in [2.24, 2.45) is 5.14 Å². The monoisotopic (exact) mass is 376 g/mol. The van der Waals surface area contributed by atoms with Crippen LogP contribution in [-0.4, -0.2) is 20.9 Å². The van der Waals surface area contributed by atoms with Gasteiger partial charge in [-0.05, 0) is 53.8 Å². The highest BCUT2D eigenvalue weighted by atomic mass is 32.2. The molecule has 26 heavy (non-hydrogen) atoms. The van der Waals surface area contributed by atoms with Crippen molar-refractivity contribution in [3.05, 3.63) is 59.2 Å². The summed E-state index contributed by atoms with van der Waals surface area (Å²) in [6.45, 7) is 6.17. The Bertz CT molecular complexity index is 875. The Morgan fingerprint density at radius 3 is 2.35 bits per heavy atom. The van der Waals surface area contributed by atoms with Gasteiger partial charge in [0.2, 0.25) is 10.0 Å². The van der Waals surface area contributed by atoms with Gasteiger partial charge in [-0.3, -0.25) is 4.79 Å². The minimum atomic E-state index is -3.57. The SMILES string of the molecule is Cc1cc(OCC(=O)Nc2ccc(CS(N)(=O)=O)cc2)ccc1C(C)C. The summed E-state index contributed by atoms with van der Waals surface area (Å²) < 4.78 is 27.7. The van der Waals surface area contributed by atoms with Gasteiger partial charge in [-0.25, -0.2) is 13.6 Å². The summed E-state index contributed by atoms with van der Waals surface area (Å²) in [5, 5.41) is 7.71. The van der Waals surface area contributed by atoms with Gasteiger partial charge in [0.15, 0.2) is 6.61 Å².